The molecule has 0 bridgehead atoms. The number of hydrogen-bond donors (Lipinski definition) is 1. The summed E-state index contributed by atoms with van der Waals surface area (Å²) in [6, 6.07) is 10.9. The van der Waals surface area contributed by atoms with Crippen LogP contribution in [-0.2, 0) is 17.6 Å². The smallest absolute Gasteiger partial charge is 0.309 e. The molecule has 0 aliphatic carbocycles. The quantitative estimate of drug-likeness (QED) is 0.805. The lowest BCUT2D eigenvalue weighted by Crippen LogP contribution is -2.06. The first-order valence-electron chi connectivity index (χ1n) is 6.95. The van der Waals surface area contributed by atoms with Gasteiger partial charge in [-0.1, -0.05) is 29.8 Å². The standard InChI is InChI=1S/C17H15FN2O2/c1-11-2-4-12(5-3-11)8-14-15(9-17(21)22)20-10-13(18)6-7-16(20)19-14/h2-7,10H,8-9H2,1H3,(H,21,22). The molecule has 3 aromatic rings. The van der Waals surface area contributed by atoms with E-state index in [1.54, 1.807) is 6.07 Å². The van der Waals surface area contributed by atoms with E-state index < -0.39 is 11.8 Å². The Balaban J connectivity index is 2.07. The van der Waals surface area contributed by atoms with Crippen molar-refractivity contribution in [1.82, 2.24) is 9.38 Å². The molecule has 1 N–H and O–H groups in total. The molecule has 2 aromatic heterocycles. The van der Waals surface area contributed by atoms with Gasteiger partial charge >= 0.3 is 5.97 Å². The fourth-order valence-corrected chi connectivity index (χ4v) is 2.49. The van der Waals surface area contributed by atoms with Crippen molar-refractivity contribution >= 4 is 11.6 Å². The number of benzene rings is 1. The summed E-state index contributed by atoms with van der Waals surface area (Å²) in [7, 11) is 0. The average Bonchev–Trinajstić information content (AvgIpc) is 2.78. The van der Waals surface area contributed by atoms with Crippen LogP contribution in [0.1, 0.15) is 22.5 Å². The van der Waals surface area contributed by atoms with Crippen LogP contribution in [0.3, 0.4) is 0 Å². The SMILES string of the molecule is Cc1ccc(Cc2nc3ccc(F)cn3c2CC(=O)O)cc1. The van der Waals surface area contributed by atoms with Crippen molar-refractivity contribution in [1.29, 1.82) is 0 Å². The van der Waals surface area contributed by atoms with Crippen LogP contribution in [0.4, 0.5) is 4.39 Å². The third kappa shape index (κ3) is 2.83. The Hall–Kier alpha value is -2.69. The number of nitrogens with zero attached hydrogens (tertiary/aromatic N) is 2. The summed E-state index contributed by atoms with van der Waals surface area (Å²) in [6.45, 7) is 2.01. The number of aryl methyl sites for hydroxylation is 1. The normalized spacial score (nSPS) is 11.0. The van der Waals surface area contributed by atoms with Crippen LogP contribution in [0, 0.1) is 12.7 Å². The summed E-state index contributed by atoms with van der Waals surface area (Å²) < 4.78 is 15.0. The summed E-state index contributed by atoms with van der Waals surface area (Å²) in [5, 5.41) is 9.11. The van der Waals surface area contributed by atoms with E-state index in [2.05, 4.69) is 4.98 Å². The van der Waals surface area contributed by atoms with Gasteiger partial charge in [0.1, 0.15) is 11.5 Å². The number of fused-ring (bicyclic) bond motifs is 1. The number of carbonyl (C=O) groups is 1. The Labute approximate surface area is 126 Å². The van der Waals surface area contributed by atoms with Gasteiger partial charge in [-0.3, -0.25) is 4.79 Å². The van der Waals surface area contributed by atoms with Crippen LogP contribution in [0.2, 0.25) is 0 Å². The van der Waals surface area contributed by atoms with E-state index in [-0.39, 0.29) is 6.42 Å². The zero-order valence-corrected chi connectivity index (χ0v) is 12.1. The maximum Gasteiger partial charge on any atom is 0.309 e. The number of carboxylic acid groups (broad SMARTS) is 1. The second kappa shape index (κ2) is 5.60. The molecule has 0 unspecified atom stereocenters. The zero-order valence-electron chi connectivity index (χ0n) is 12.1. The van der Waals surface area contributed by atoms with Crippen molar-refractivity contribution in [3.05, 3.63) is 70.9 Å². The van der Waals surface area contributed by atoms with Gasteiger partial charge in [0.25, 0.3) is 0 Å². The van der Waals surface area contributed by atoms with Crippen molar-refractivity contribution < 1.29 is 14.3 Å². The Morgan fingerprint density at radius 1 is 1.23 bits per heavy atom. The van der Waals surface area contributed by atoms with Gasteiger partial charge in [-0.25, -0.2) is 9.37 Å². The first kappa shape index (κ1) is 14.3. The first-order chi connectivity index (χ1) is 10.5. The fourth-order valence-electron chi connectivity index (χ4n) is 2.49. The van der Waals surface area contributed by atoms with Gasteiger partial charge in [-0.2, -0.15) is 0 Å². The summed E-state index contributed by atoms with van der Waals surface area (Å²) in [5.41, 5.74) is 3.94. The van der Waals surface area contributed by atoms with E-state index in [1.807, 2.05) is 31.2 Å². The molecule has 0 aliphatic heterocycles. The molecule has 22 heavy (non-hydrogen) atoms. The molecule has 0 atom stereocenters. The van der Waals surface area contributed by atoms with Crippen LogP contribution in [0.5, 0.6) is 0 Å². The average molecular weight is 298 g/mol. The van der Waals surface area contributed by atoms with E-state index in [9.17, 15) is 9.18 Å². The number of imidazole rings is 1. The van der Waals surface area contributed by atoms with Gasteiger partial charge < -0.3 is 9.51 Å². The highest BCUT2D eigenvalue weighted by Crippen LogP contribution is 2.18. The van der Waals surface area contributed by atoms with Crippen LogP contribution in [0.15, 0.2) is 42.6 Å². The molecule has 5 heteroatoms. The van der Waals surface area contributed by atoms with E-state index in [0.717, 1.165) is 11.1 Å². The number of carboxylic acids is 1. The summed E-state index contributed by atoms with van der Waals surface area (Å²) in [5.74, 6) is -1.38. The monoisotopic (exact) mass is 298 g/mol. The highest BCUT2D eigenvalue weighted by atomic mass is 19.1. The molecule has 0 radical (unpaired) electrons. The third-order valence-corrected chi connectivity index (χ3v) is 3.58. The molecular formula is C17H15FN2O2. The number of rotatable bonds is 4. The minimum absolute atomic E-state index is 0.189. The fraction of sp³-hybridized carbons (Fsp3) is 0.176. The highest BCUT2D eigenvalue weighted by Gasteiger charge is 2.16. The van der Waals surface area contributed by atoms with Crippen LogP contribution >= 0.6 is 0 Å². The van der Waals surface area contributed by atoms with Gasteiger partial charge in [0.15, 0.2) is 0 Å². The molecular weight excluding hydrogens is 283 g/mol. The van der Waals surface area contributed by atoms with Gasteiger partial charge in [-0.05, 0) is 24.6 Å². The van der Waals surface area contributed by atoms with E-state index in [1.165, 1.54) is 16.7 Å². The van der Waals surface area contributed by atoms with Gasteiger partial charge in [-0.15, -0.1) is 0 Å². The van der Waals surface area contributed by atoms with E-state index >= 15 is 0 Å². The molecule has 0 aliphatic rings. The molecule has 1 aromatic carbocycles. The topological polar surface area (TPSA) is 54.6 Å². The molecule has 112 valence electrons. The van der Waals surface area contributed by atoms with E-state index in [0.29, 0.717) is 23.5 Å². The van der Waals surface area contributed by atoms with Crippen LogP contribution in [0.25, 0.3) is 5.65 Å². The first-order valence-corrected chi connectivity index (χ1v) is 6.95. The Kier molecular flexibility index (Phi) is 3.63. The molecule has 4 nitrogen and oxygen atoms in total. The highest BCUT2D eigenvalue weighted by molar-refractivity contribution is 5.70. The predicted molar refractivity (Wildman–Crippen MR) is 80.5 cm³/mol. The third-order valence-electron chi connectivity index (χ3n) is 3.58. The summed E-state index contributed by atoms with van der Waals surface area (Å²) in [6.07, 6.45) is 1.61. The number of pyridine rings is 1. The van der Waals surface area contributed by atoms with Gasteiger partial charge in [0.05, 0.1) is 17.8 Å². The van der Waals surface area contributed by atoms with E-state index in [4.69, 9.17) is 5.11 Å². The Morgan fingerprint density at radius 2 is 1.95 bits per heavy atom. The molecule has 0 fully saturated rings. The predicted octanol–water partition coefficient (Wildman–Crippen LogP) is 3.00. The Bertz CT molecular complexity index is 838. The van der Waals surface area contributed by atoms with Crippen LogP contribution < -0.4 is 0 Å². The lowest BCUT2D eigenvalue weighted by atomic mass is 10.1. The molecule has 0 saturated heterocycles. The van der Waals surface area contributed by atoms with Crippen molar-refractivity contribution in [2.24, 2.45) is 0 Å². The summed E-state index contributed by atoms with van der Waals surface area (Å²) in [4.78, 5) is 15.6. The van der Waals surface area contributed by atoms with Crippen molar-refractivity contribution in [2.45, 2.75) is 19.8 Å². The lowest BCUT2D eigenvalue weighted by Gasteiger charge is -2.04. The zero-order chi connectivity index (χ0) is 15.7. The lowest BCUT2D eigenvalue weighted by molar-refractivity contribution is -0.136. The number of aliphatic carboxylic acids is 1. The molecule has 0 spiro atoms. The van der Waals surface area contributed by atoms with Crippen molar-refractivity contribution in [2.75, 3.05) is 0 Å². The number of halogens is 1. The number of aromatic nitrogens is 2. The molecule has 0 amide bonds. The van der Waals surface area contributed by atoms with Crippen molar-refractivity contribution in [3.8, 4) is 0 Å². The molecule has 3 rings (SSSR count). The second-order valence-corrected chi connectivity index (χ2v) is 5.31. The minimum Gasteiger partial charge on any atom is -0.481 e. The second-order valence-electron chi connectivity index (χ2n) is 5.31. The minimum atomic E-state index is -0.962. The van der Waals surface area contributed by atoms with Gasteiger partial charge in [0.2, 0.25) is 0 Å². The maximum atomic E-state index is 13.4. The summed E-state index contributed by atoms with van der Waals surface area (Å²) >= 11 is 0. The van der Waals surface area contributed by atoms with Gasteiger partial charge in [0, 0.05) is 12.6 Å². The molecule has 0 saturated carbocycles. The van der Waals surface area contributed by atoms with Crippen LogP contribution in [-0.4, -0.2) is 20.5 Å². The van der Waals surface area contributed by atoms with Crippen molar-refractivity contribution in [3.63, 3.8) is 0 Å². The number of hydrogen-bond acceptors (Lipinski definition) is 2. The Morgan fingerprint density at radius 3 is 2.64 bits per heavy atom. The molecule has 2 heterocycles. The largest absolute Gasteiger partial charge is 0.481 e. The maximum absolute atomic E-state index is 13.4.